The predicted octanol–water partition coefficient (Wildman–Crippen LogP) is 2.87. The van der Waals surface area contributed by atoms with Gasteiger partial charge in [0.05, 0.1) is 5.39 Å². The average molecular weight is 274 g/mol. The number of nitrogens with zero attached hydrogens (tertiary/aromatic N) is 1. The standard InChI is InChI=1S/C16H19FN2O/c1-2-19-7-5-11(6-8-19)15-10-18-16(20)14-9-12(17)3-4-13(14)15/h3-4,9-11H,2,5-8H2,1H3,(H,18,20). The van der Waals surface area contributed by atoms with Gasteiger partial charge in [0.15, 0.2) is 0 Å². The Morgan fingerprint density at radius 2 is 2.05 bits per heavy atom. The predicted molar refractivity (Wildman–Crippen MR) is 78.6 cm³/mol. The van der Waals surface area contributed by atoms with Crippen LogP contribution in [0.15, 0.2) is 29.2 Å². The third kappa shape index (κ3) is 2.36. The molecule has 0 spiro atoms. The number of hydrogen-bond acceptors (Lipinski definition) is 2. The van der Waals surface area contributed by atoms with Gasteiger partial charge in [-0.15, -0.1) is 0 Å². The molecule has 3 rings (SSSR count). The van der Waals surface area contributed by atoms with Crippen LogP contribution in [0.3, 0.4) is 0 Å². The Morgan fingerprint density at radius 3 is 2.75 bits per heavy atom. The second-order valence-corrected chi connectivity index (χ2v) is 5.47. The van der Waals surface area contributed by atoms with Crippen molar-refractivity contribution in [3.8, 4) is 0 Å². The van der Waals surface area contributed by atoms with Gasteiger partial charge in [-0.3, -0.25) is 4.79 Å². The molecule has 1 aromatic heterocycles. The Bertz CT molecular complexity index is 672. The summed E-state index contributed by atoms with van der Waals surface area (Å²) in [6, 6.07) is 4.51. The summed E-state index contributed by atoms with van der Waals surface area (Å²) < 4.78 is 13.3. The van der Waals surface area contributed by atoms with Gasteiger partial charge in [0, 0.05) is 6.20 Å². The van der Waals surface area contributed by atoms with Crippen LogP contribution >= 0.6 is 0 Å². The number of benzene rings is 1. The molecule has 1 saturated heterocycles. The van der Waals surface area contributed by atoms with Gasteiger partial charge < -0.3 is 9.88 Å². The van der Waals surface area contributed by atoms with E-state index in [0.29, 0.717) is 11.3 Å². The van der Waals surface area contributed by atoms with Gasteiger partial charge in [0.1, 0.15) is 5.82 Å². The van der Waals surface area contributed by atoms with Crippen molar-refractivity contribution in [3.63, 3.8) is 0 Å². The largest absolute Gasteiger partial charge is 0.328 e. The number of fused-ring (bicyclic) bond motifs is 1. The van der Waals surface area contributed by atoms with E-state index < -0.39 is 0 Å². The first-order valence-corrected chi connectivity index (χ1v) is 7.22. The van der Waals surface area contributed by atoms with E-state index in [-0.39, 0.29) is 11.4 Å². The zero-order valence-corrected chi connectivity index (χ0v) is 11.7. The maximum absolute atomic E-state index is 13.3. The zero-order valence-electron chi connectivity index (χ0n) is 11.7. The summed E-state index contributed by atoms with van der Waals surface area (Å²) in [5.74, 6) is 0.0866. The molecule has 0 aliphatic carbocycles. The molecule has 106 valence electrons. The van der Waals surface area contributed by atoms with Crippen LogP contribution in [-0.2, 0) is 0 Å². The van der Waals surface area contributed by atoms with Crippen molar-refractivity contribution in [3.05, 3.63) is 46.1 Å². The molecule has 1 aliphatic rings. The number of halogens is 1. The Kier molecular flexibility index (Phi) is 3.57. The van der Waals surface area contributed by atoms with Crippen LogP contribution in [0.4, 0.5) is 4.39 Å². The fraction of sp³-hybridized carbons (Fsp3) is 0.438. The van der Waals surface area contributed by atoms with E-state index in [1.807, 2.05) is 6.20 Å². The van der Waals surface area contributed by atoms with Crippen LogP contribution in [0.1, 0.15) is 31.2 Å². The molecule has 0 amide bonds. The minimum absolute atomic E-state index is 0.214. The molecule has 20 heavy (non-hydrogen) atoms. The molecular weight excluding hydrogens is 255 g/mol. The lowest BCUT2D eigenvalue weighted by molar-refractivity contribution is 0.223. The van der Waals surface area contributed by atoms with Crippen LogP contribution in [0, 0.1) is 5.82 Å². The topological polar surface area (TPSA) is 36.1 Å². The van der Waals surface area contributed by atoms with E-state index in [9.17, 15) is 9.18 Å². The van der Waals surface area contributed by atoms with Crippen LogP contribution in [0.25, 0.3) is 10.8 Å². The number of pyridine rings is 1. The molecule has 0 radical (unpaired) electrons. The average Bonchev–Trinajstić information content (AvgIpc) is 2.48. The lowest BCUT2D eigenvalue weighted by Crippen LogP contribution is -2.32. The Hall–Kier alpha value is -1.68. The number of nitrogens with one attached hydrogen (secondary N) is 1. The van der Waals surface area contributed by atoms with Crippen LogP contribution in [0.5, 0.6) is 0 Å². The fourth-order valence-corrected chi connectivity index (χ4v) is 3.15. The SMILES string of the molecule is CCN1CCC(c2c[nH]c(=O)c3cc(F)ccc23)CC1. The van der Waals surface area contributed by atoms with Crippen molar-refractivity contribution < 1.29 is 4.39 Å². The molecule has 2 aromatic rings. The van der Waals surface area contributed by atoms with Gasteiger partial charge in [-0.2, -0.15) is 0 Å². The van der Waals surface area contributed by atoms with Crippen LogP contribution < -0.4 is 5.56 Å². The molecular formula is C16H19FN2O. The number of rotatable bonds is 2. The smallest absolute Gasteiger partial charge is 0.255 e. The van der Waals surface area contributed by atoms with Crippen LogP contribution in [-0.4, -0.2) is 29.5 Å². The maximum atomic E-state index is 13.3. The molecule has 0 atom stereocenters. The first-order valence-electron chi connectivity index (χ1n) is 7.22. The fourth-order valence-electron chi connectivity index (χ4n) is 3.15. The van der Waals surface area contributed by atoms with Crippen molar-refractivity contribution in [2.75, 3.05) is 19.6 Å². The molecule has 4 heteroatoms. The normalized spacial score (nSPS) is 17.7. The molecule has 3 nitrogen and oxygen atoms in total. The molecule has 0 saturated carbocycles. The number of aromatic amines is 1. The van der Waals surface area contributed by atoms with E-state index in [1.165, 1.54) is 12.1 Å². The zero-order chi connectivity index (χ0) is 14.1. The second kappa shape index (κ2) is 5.37. The van der Waals surface area contributed by atoms with Crippen molar-refractivity contribution in [2.24, 2.45) is 0 Å². The molecule has 0 unspecified atom stereocenters. The van der Waals surface area contributed by atoms with Gasteiger partial charge in [-0.05, 0) is 61.5 Å². The number of H-pyrrole nitrogens is 1. The lowest BCUT2D eigenvalue weighted by Gasteiger charge is -2.31. The highest BCUT2D eigenvalue weighted by atomic mass is 19.1. The van der Waals surface area contributed by atoms with Crippen LogP contribution in [0.2, 0.25) is 0 Å². The number of likely N-dealkylation sites (tertiary alicyclic amines) is 1. The first kappa shape index (κ1) is 13.3. The quantitative estimate of drug-likeness (QED) is 0.914. The summed E-state index contributed by atoms with van der Waals surface area (Å²) in [5, 5.41) is 1.35. The van der Waals surface area contributed by atoms with Crippen molar-refractivity contribution in [1.82, 2.24) is 9.88 Å². The summed E-state index contributed by atoms with van der Waals surface area (Å²) in [6.45, 7) is 5.44. The highest BCUT2D eigenvalue weighted by Crippen LogP contribution is 2.31. The monoisotopic (exact) mass is 274 g/mol. The van der Waals surface area contributed by atoms with E-state index in [1.54, 1.807) is 6.07 Å². The maximum Gasteiger partial charge on any atom is 0.255 e. The Morgan fingerprint density at radius 1 is 1.30 bits per heavy atom. The van der Waals surface area contributed by atoms with Crippen molar-refractivity contribution >= 4 is 10.8 Å². The highest BCUT2D eigenvalue weighted by molar-refractivity contribution is 5.85. The third-order valence-corrected chi connectivity index (χ3v) is 4.37. The summed E-state index contributed by atoms with van der Waals surface area (Å²) in [6.07, 6.45) is 3.99. The van der Waals surface area contributed by atoms with Crippen molar-refractivity contribution in [1.29, 1.82) is 0 Å². The number of aromatic nitrogens is 1. The lowest BCUT2D eigenvalue weighted by atomic mass is 9.87. The van der Waals surface area contributed by atoms with E-state index in [2.05, 4.69) is 16.8 Å². The van der Waals surface area contributed by atoms with Gasteiger partial charge in [0.2, 0.25) is 0 Å². The molecule has 1 aliphatic heterocycles. The molecule has 0 bridgehead atoms. The number of hydrogen-bond donors (Lipinski definition) is 1. The van der Waals surface area contributed by atoms with Gasteiger partial charge in [-0.25, -0.2) is 4.39 Å². The van der Waals surface area contributed by atoms with E-state index in [4.69, 9.17) is 0 Å². The molecule has 2 heterocycles. The highest BCUT2D eigenvalue weighted by Gasteiger charge is 2.21. The summed E-state index contributed by atoms with van der Waals surface area (Å²) in [4.78, 5) is 17.0. The number of piperidine rings is 1. The van der Waals surface area contributed by atoms with Crippen molar-refractivity contribution in [2.45, 2.75) is 25.7 Å². The van der Waals surface area contributed by atoms with E-state index in [0.717, 1.165) is 43.4 Å². The summed E-state index contributed by atoms with van der Waals surface area (Å²) in [7, 11) is 0. The van der Waals surface area contributed by atoms with Gasteiger partial charge >= 0.3 is 0 Å². The third-order valence-electron chi connectivity index (χ3n) is 4.37. The Balaban J connectivity index is 2.00. The Labute approximate surface area is 117 Å². The first-order chi connectivity index (χ1) is 9.69. The van der Waals surface area contributed by atoms with E-state index >= 15 is 0 Å². The molecule has 1 N–H and O–H groups in total. The summed E-state index contributed by atoms with van der Waals surface area (Å²) in [5.41, 5.74) is 0.935. The molecule has 1 fully saturated rings. The second-order valence-electron chi connectivity index (χ2n) is 5.47. The minimum Gasteiger partial charge on any atom is -0.328 e. The van der Waals surface area contributed by atoms with Gasteiger partial charge in [-0.1, -0.05) is 13.0 Å². The minimum atomic E-state index is -0.360. The summed E-state index contributed by atoms with van der Waals surface area (Å²) >= 11 is 0. The molecule has 1 aromatic carbocycles. The van der Waals surface area contributed by atoms with Gasteiger partial charge in [0.25, 0.3) is 5.56 Å².